The fourth-order valence-corrected chi connectivity index (χ4v) is 2.01. The van der Waals surface area contributed by atoms with Gasteiger partial charge >= 0.3 is 0 Å². The summed E-state index contributed by atoms with van der Waals surface area (Å²) in [5.74, 6) is -0.616. The molecule has 0 aliphatic rings. The molecule has 0 atom stereocenters. The van der Waals surface area contributed by atoms with Gasteiger partial charge in [-0.15, -0.1) is 0 Å². The van der Waals surface area contributed by atoms with Gasteiger partial charge in [-0.25, -0.2) is 4.39 Å². The highest BCUT2D eigenvalue weighted by atomic mass is 35.5. The molecule has 1 nitrogen and oxygen atoms in total. The maximum Gasteiger partial charge on any atom is 0.194 e. The molecule has 0 unspecified atom stereocenters. The van der Waals surface area contributed by atoms with Gasteiger partial charge in [0.25, 0.3) is 0 Å². The van der Waals surface area contributed by atoms with Crippen molar-refractivity contribution in [3.05, 3.63) is 69.0 Å². The van der Waals surface area contributed by atoms with Crippen LogP contribution in [0.3, 0.4) is 0 Å². The molecule has 0 amide bonds. The van der Waals surface area contributed by atoms with E-state index < -0.39 is 0 Å². The molecule has 0 aliphatic heterocycles. The van der Waals surface area contributed by atoms with Crippen LogP contribution in [0.4, 0.5) is 4.39 Å². The lowest BCUT2D eigenvalue weighted by Gasteiger charge is -2.06. The first kappa shape index (κ1) is 13.1. The minimum atomic E-state index is -0.344. The highest BCUT2D eigenvalue weighted by Crippen LogP contribution is 2.27. The van der Waals surface area contributed by atoms with Crippen LogP contribution in [0.15, 0.2) is 36.4 Å². The fraction of sp³-hybridized carbons (Fsp3) is 0.0714. The zero-order chi connectivity index (χ0) is 13.3. The quantitative estimate of drug-likeness (QED) is 0.732. The molecule has 2 aromatic carbocycles. The lowest BCUT2D eigenvalue weighted by Crippen LogP contribution is -2.03. The molecule has 2 rings (SSSR count). The first-order chi connectivity index (χ1) is 8.50. The van der Waals surface area contributed by atoms with Crippen molar-refractivity contribution in [1.29, 1.82) is 0 Å². The molecule has 0 fully saturated rings. The van der Waals surface area contributed by atoms with Crippen LogP contribution in [-0.4, -0.2) is 5.78 Å². The van der Waals surface area contributed by atoms with Gasteiger partial charge in [0.05, 0.1) is 10.0 Å². The summed E-state index contributed by atoms with van der Waals surface area (Å²) in [6.07, 6.45) is 0. The molecule has 2 aromatic rings. The Morgan fingerprint density at radius 2 is 1.89 bits per heavy atom. The zero-order valence-electron chi connectivity index (χ0n) is 9.51. The first-order valence-corrected chi connectivity index (χ1v) is 6.01. The molecule has 92 valence electrons. The molecule has 0 aromatic heterocycles. The Morgan fingerprint density at radius 3 is 2.56 bits per heavy atom. The predicted molar refractivity (Wildman–Crippen MR) is 71.0 cm³/mol. The zero-order valence-corrected chi connectivity index (χ0v) is 11.0. The summed E-state index contributed by atoms with van der Waals surface area (Å²) in [5, 5.41) is 0.535. The van der Waals surface area contributed by atoms with Gasteiger partial charge in [-0.05, 0) is 42.8 Å². The van der Waals surface area contributed by atoms with Gasteiger partial charge in [-0.1, -0.05) is 29.3 Å². The number of rotatable bonds is 2. The summed E-state index contributed by atoms with van der Waals surface area (Å²) >= 11 is 11.8. The van der Waals surface area contributed by atoms with E-state index in [1.54, 1.807) is 25.1 Å². The highest BCUT2D eigenvalue weighted by Gasteiger charge is 2.15. The minimum absolute atomic E-state index is 0.214. The van der Waals surface area contributed by atoms with Crippen LogP contribution >= 0.6 is 23.2 Å². The van der Waals surface area contributed by atoms with Crippen molar-refractivity contribution in [1.82, 2.24) is 0 Å². The smallest absolute Gasteiger partial charge is 0.194 e. The van der Waals surface area contributed by atoms with E-state index in [2.05, 4.69) is 0 Å². The van der Waals surface area contributed by atoms with Gasteiger partial charge in [0.2, 0.25) is 0 Å². The summed E-state index contributed by atoms with van der Waals surface area (Å²) < 4.78 is 13.1. The van der Waals surface area contributed by atoms with Gasteiger partial charge in [-0.2, -0.15) is 0 Å². The van der Waals surface area contributed by atoms with Crippen LogP contribution in [0.25, 0.3) is 0 Å². The van der Waals surface area contributed by atoms with Crippen molar-refractivity contribution < 1.29 is 9.18 Å². The third-order valence-corrected chi connectivity index (χ3v) is 3.44. The van der Waals surface area contributed by atoms with Crippen molar-refractivity contribution in [2.45, 2.75) is 6.92 Å². The third-order valence-electron chi connectivity index (χ3n) is 2.62. The highest BCUT2D eigenvalue weighted by molar-refractivity contribution is 6.44. The van der Waals surface area contributed by atoms with E-state index in [0.29, 0.717) is 21.7 Å². The van der Waals surface area contributed by atoms with Gasteiger partial charge in [0.15, 0.2) is 5.78 Å². The maximum atomic E-state index is 13.1. The molecule has 0 saturated heterocycles. The van der Waals surface area contributed by atoms with Crippen LogP contribution < -0.4 is 0 Å². The Balaban J connectivity index is 2.48. The minimum Gasteiger partial charge on any atom is -0.289 e. The second-order valence-electron chi connectivity index (χ2n) is 3.89. The van der Waals surface area contributed by atoms with Crippen molar-refractivity contribution in [2.24, 2.45) is 0 Å². The van der Waals surface area contributed by atoms with Crippen LogP contribution in [0.5, 0.6) is 0 Å². The molecule has 0 radical (unpaired) electrons. The average Bonchev–Trinajstić information content (AvgIpc) is 2.35. The summed E-state index contributed by atoms with van der Waals surface area (Å²) in [6, 6.07) is 9.04. The summed E-state index contributed by atoms with van der Waals surface area (Å²) in [4.78, 5) is 12.2. The van der Waals surface area contributed by atoms with Gasteiger partial charge in [0, 0.05) is 11.1 Å². The molecule has 0 spiro atoms. The number of ketones is 1. The normalized spacial score (nSPS) is 10.4. The number of benzene rings is 2. The number of aryl methyl sites for hydroxylation is 1. The lowest BCUT2D eigenvalue weighted by atomic mass is 10.0. The Kier molecular flexibility index (Phi) is 3.69. The fourth-order valence-electron chi connectivity index (χ4n) is 1.62. The van der Waals surface area contributed by atoms with E-state index in [1.165, 1.54) is 18.2 Å². The predicted octanol–water partition coefficient (Wildman–Crippen LogP) is 4.67. The van der Waals surface area contributed by atoms with Crippen LogP contribution in [-0.2, 0) is 0 Å². The second-order valence-corrected chi connectivity index (χ2v) is 4.68. The molecular formula is C14H9Cl2FO. The van der Waals surface area contributed by atoms with Crippen molar-refractivity contribution in [2.75, 3.05) is 0 Å². The van der Waals surface area contributed by atoms with Gasteiger partial charge in [-0.3, -0.25) is 4.79 Å². The number of carbonyl (C=O) groups is 1. The standard InChI is InChI=1S/C14H9Cl2FO/c1-8-7-9(5-6-12(8)17)14(18)10-3-2-4-11(15)13(10)16/h2-7H,1H3. The molecule has 0 bridgehead atoms. The average molecular weight is 283 g/mol. The monoisotopic (exact) mass is 282 g/mol. The van der Waals surface area contributed by atoms with E-state index in [0.717, 1.165) is 0 Å². The maximum absolute atomic E-state index is 13.1. The van der Waals surface area contributed by atoms with Crippen LogP contribution in [0.2, 0.25) is 10.0 Å². The molecular weight excluding hydrogens is 274 g/mol. The molecule has 0 heterocycles. The van der Waals surface area contributed by atoms with E-state index in [9.17, 15) is 9.18 Å². The summed E-state index contributed by atoms with van der Waals surface area (Å²) in [6.45, 7) is 1.60. The second kappa shape index (κ2) is 5.09. The van der Waals surface area contributed by atoms with Crippen molar-refractivity contribution in [3.8, 4) is 0 Å². The Labute approximate surface area is 114 Å². The Bertz CT molecular complexity index is 623. The van der Waals surface area contributed by atoms with E-state index >= 15 is 0 Å². The van der Waals surface area contributed by atoms with Crippen molar-refractivity contribution >= 4 is 29.0 Å². The van der Waals surface area contributed by atoms with Crippen molar-refractivity contribution in [3.63, 3.8) is 0 Å². The molecule has 0 saturated carbocycles. The molecule has 0 aliphatic carbocycles. The summed E-state index contributed by atoms with van der Waals surface area (Å²) in [7, 11) is 0. The number of hydrogen-bond acceptors (Lipinski definition) is 1. The number of carbonyl (C=O) groups excluding carboxylic acids is 1. The van der Waals surface area contributed by atoms with Crippen LogP contribution in [0, 0.1) is 12.7 Å². The van der Waals surface area contributed by atoms with E-state index in [-0.39, 0.29) is 16.6 Å². The number of halogens is 3. The van der Waals surface area contributed by atoms with Gasteiger partial charge < -0.3 is 0 Å². The van der Waals surface area contributed by atoms with Crippen LogP contribution in [0.1, 0.15) is 21.5 Å². The molecule has 0 N–H and O–H groups in total. The number of hydrogen-bond donors (Lipinski definition) is 0. The molecule has 4 heteroatoms. The van der Waals surface area contributed by atoms with Gasteiger partial charge in [0.1, 0.15) is 5.82 Å². The molecule has 18 heavy (non-hydrogen) atoms. The SMILES string of the molecule is Cc1cc(C(=O)c2cccc(Cl)c2Cl)ccc1F. The first-order valence-electron chi connectivity index (χ1n) is 5.25. The Morgan fingerprint density at radius 1 is 1.17 bits per heavy atom. The lowest BCUT2D eigenvalue weighted by molar-refractivity contribution is 0.103. The Hall–Kier alpha value is -1.38. The van der Waals surface area contributed by atoms with E-state index in [4.69, 9.17) is 23.2 Å². The third kappa shape index (κ3) is 2.40. The summed E-state index contributed by atoms with van der Waals surface area (Å²) in [5.41, 5.74) is 1.12. The topological polar surface area (TPSA) is 17.1 Å². The largest absolute Gasteiger partial charge is 0.289 e. The van der Waals surface area contributed by atoms with E-state index in [1.807, 2.05) is 0 Å².